The lowest BCUT2D eigenvalue weighted by atomic mass is 10.2. The first-order valence-electron chi connectivity index (χ1n) is 4.13. The van der Waals surface area contributed by atoms with E-state index in [0.717, 1.165) is 0 Å². The van der Waals surface area contributed by atoms with Gasteiger partial charge in [-0.25, -0.2) is 13.8 Å². The third kappa shape index (κ3) is 2.04. The van der Waals surface area contributed by atoms with E-state index in [0.29, 0.717) is 15.9 Å². The second-order valence-electron chi connectivity index (χ2n) is 2.84. The highest BCUT2D eigenvalue weighted by Crippen LogP contribution is 2.25. The number of hydrogen-bond acceptors (Lipinski definition) is 2. The number of aromatic amines is 1. The highest BCUT2D eigenvalue weighted by atomic mass is 79.9. The van der Waals surface area contributed by atoms with Gasteiger partial charge in [0.15, 0.2) is 0 Å². The standard InChI is InChI=1S/C9H6BrF2N3/c10-5-4-13-15-8(5)6-2-1-3-7(14-6)9(11)12/h1-4,9H,(H,13,15). The van der Waals surface area contributed by atoms with Gasteiger partial charge >= 0.3 is 0 Å². The monoisotopic (exact) mass is 273 g/mol. The SMILES string of the molecule is FC(F)c1cccc(-c2[nH]ncc2Br)n1. The summed E-state index contributed by atoms with van der Waals surface area (Å²) < 4.78 is 25.5. The lowest BCUT2D eigenvalue weighted by molar-refractivity contribution is 0.146. The number of hydrogen-bond donors (Lipinski definition) is 1. The summed E-state index contributed by atoms with van der Waals surface area (Å²) in [5.41, 5.74) is 0.795. The molecule has 0 unspecified atom stereocenters. The Morgan fingerprint density at radius 1 is 1.33 bits per heavy atom. The zero-order chi connectivity index (χ0) is 10.8. The molecule has 0 radical (unpaired) electrons. The summed E-state index contributed by atoms with van der Waals surface area (Å²) in [4.78, 5) is 3.82. The maximum Gasteiger partial charge on any atom is 0.280 e. The Bertz CT molecular complexity index is 470. The molecular formula is C9H6BrF2N3. The van der Waals surface area contributed by atoms with E-state index >= 15 is 0 Å². The van der Waals surface area contributed by atoms with Crippen molar-refractivity contribution in [3.63, 3.8) is 0 Å². The maximum atomic E-state index is 12.4. The van der Waals surface area contributed by atoms with Crippen molar-refractivity contribution < 1.29 is 8.78 Å². The van der Waals surface area contributed by atoms with Gasteiger partial charge in [0.2, 0.25) is 0 Å². The highest BCUT2D eigenvalue weighted by Gasteiger charge is 2.12. The van der Waals surface area contributed by atoms with Gasteiger partial charge in [-0.15, -0.1) is 0 Å². The third-order valence-corrected chi connectivity index (χ3v) is 2.44. The fourth-order valence-corrected chi connectivity index (χ4v) is 1.56. The highest BCUT2D eigenvalue weighted by molar-refractivity contribution is 9.10. The molecule has 0 atom stereocenters. The van der Waals surface area contributed by atoms with Gasteiger partial charge in [0.25, 0.3) is 6.43 Å². The van der Waals surface area contributed by atoms with Crippen molar-refractivity contribution in [1.82, 2.24) is 15.2 Å². The zero-order valence-corrected chi connectivity index (χ0v) is 9.00. The van der Waals surface area contributed by atoms with Crippen molar-refractivity contribution in [3.8, 4) is 11.4 Å². The second kappa shape index (κ2) is 4.06. The Morgan fingerprint density at radius 2 is 2.13 bits per heavy atom. The smallest absolute Gasteiger partial charge is 0.275 e. The average molecular weight is 274 g/mol. The first-order valence-corrected chi connectivity index (χ1v) is 4.92. The van der Waals surface area contributed by atoms with Gasteiger partial charge in [0.05, 0.1) is 22.1 Å². The summed E-state index contributed by atoms with van der Waals surface area (Å²) in [6.45, 7) is 0. The van der Waals surface area contributed by atoms with Crippen LogP contribution in [-0.4, -0.2) is 15.2 Å². The number of nitrogens with zero attached hydrogens (tertiary/aromatic N) is 2. The van der Waals surface area contributed by atoms with Crippen molar-refractivity contribution >= 4 is 15.9 Å². The lowest BCUT2D eigenvalue weighted by Crippen LogP contribution is -1.92. The molecule has 0 bridgehead atoms. The van der Waals surface area contributed by atoms with Crippen molar-refractivity contribution in [1.29, 1.82) is 0 Å². The topological polar surface area (TPSA) is 41.6 Å². The molecule has 0 fully saturated rings. The van der Waals surface area contributed by atoms with Crippen LogP contribution in [0.4, 0.5) is 8.78 Å². The van der Waals surface area contributed by atoms with Crippen LogP contribution in [0.25, 0.3) is 11.4 Å². The molecule has 15 heavy (non-hydrogen) atoms. The van der Waals surface area contributed by atoms with E-state index in [-0.39, 0.29) is 5.69 Å². The van der Waals surface area contributed by atoms with Crippen LogP contribution in [0.1, 0.15) is 12.1 Å². The van der Waals surface area contributed by atoms with Gasteiger partial charge in [-0.1, -0.05) is 6.07 Å². The molecule has 3 nitrogen and oxygen atoms in total. The minimum absolute atomic E-state index is 0.242. The van der Waals surface area contributed by atoms with Crippen LogP contribution in [0.2, 0.25) is 0 Å². The number of aromatic nitrogens is 3. The molecule has 0 amide bonds. The van der Waals surface area contributed by atoms with Gasteiger partial charge in [-0.05, 0) is 28.1 Å². The first kappa shape index (κ1) is 10.2. The molecule has 2 aromatic rings. The van der Waals surface area contributed by atoms with Gasteiger partial charge < -0.3 is 0 Å². The van der Waals surface area contributed by atoms with E-state index in [9.17, 15) is 8.78 Å². The summed E-state index contributed by atoms with van der Waals surface area (Å²) in [5.74, 6) is 0. The molecule has 0 aromatic carbocycles. The predicted molar refractivity (Wildman–Crippen MR) is 54.5 cm³/mol. The fraction of sp³-hybridized carbons (Fsp3) is 0.111. The number of halogens is 3. The van der Waals surface area contributed by atoms with Crippen molar-refractivity contribution in [2.45, 2.75) is 6.43 Å². The van der Waals surface area contributed by atoms with Crippen molar-refractivity contribution in [2.75, 3.05) is 0 Å². The minimum Gasteiger partial charge on any atom is -0.275 e. The predicted octanol–water partition coefficient (Wildman–Crippen LogP) is 3.17. The first-order chi connectivity index (χ1) is 7.18. The summed E-state index contributed by atoms with van der Waals surface area (Å²) in [6.07, 6.45) is -1.02. The summed E-state index contributed by atoms with van der Waals surface area (Å²) in [5, 5.41) is 6.46. The fourth-order valence-electron chi connectivity index (χ4n) is 1.16. The maximum absolute atomic E-state index is 12.4. The van der Waals surface area contributed by atoms with E-state index < -0.39 is 6.43 Å². The Labute approximate surface area is 92.7 Å². The largest absolute Gasteiger partial charge is 0.280 e. The van der Waals surface area contributed by atoms with Crippen LogP contribution in [0, 0.1) is 0 Å². The van der Waals surface area contributed by atoms with Crippen LogP contribution in [0.3, 0.4) is 0 Å². The minimum atomic E-state index is -2.56. The van der Waals surface area contributed by atoms with Gasteiger partial charge in [0.1, 0.15) is 5.69 Å². The summed E-state index contributed by atoms with van der Waals surface area (Å²) in [6, 6.07) is 4.47. The number of nitrogens with one attached hydrogen (secondary N) is 1. The van der Waals surface area contributed by atoms with Gasteiger partial charge in [-0.3, -0.25) is 5.10 Å². The molecule has 6 heteroatoms. The molecule has 0 aliphatic carbocycles. The van der Waals surface area contributed by atoms with Crippen LogP contribution in [0.15, 0.2) is 28.9 Å². The summed E-state index contributed by atoms with van der Waals surface area (Å²) in [7, 11) is 0. The van der Waals surface area contributed by atoms with Gasteiger partial charge in [-0.2, -0.15) is 5.10 Å². The van der Waals surface area contributed by atoms with Crippen LogP contribution >= 0.6 is 15.9 Å². The number of pyridine rings is 1. The normalized spacial score (nSPS) is 10.9. The van der Waals surface area contributed by atoms with E-state index in [1.807, 2.05) is 0 Å². The van der Waals surface area contributed by atoms with E-state index in [1.54, 1.807) is 12.3 Å². The molecule has 0 saturated heterocycles. The summed E-state index contributed by atoms with van der Waals surface area (Å²) >= 11 is 3.24. The van der Waals surface area contributed by atoms with E-state index in [2.05, 4.69) is 31.1 Å². The molecule has 2 aromatic heterocycles. The van der Waals surface area contributed by atoms with Gasteiger partial charge in [0, 0.05) is 0 Å². The van der Waals surface area contributed by atoms with E-state index in [4.69, 9.17) is 0 Å². The number of H-pyrrole nitrogens is 1. The average Bonchev–Trinajstić information content (AvgIpc) is 2.64. The Morgan fingerprint density at radius 3 is 2.73 bits per heavy atom. The second-order valence-corrected chi connectivity index (χ2v) is 3.70. The van der Waals surface area contributed by atoms with Crippen molar-refractivity contribution in [2.24, 2.45) is 0 Å². The third-order valence-electron chi connectivity index (χ3n) is 1.84. The Hall–Kier alpha value is -1.30. The molecule has 2 heterocycles. The molecule has 0 aliphatic rings. The lowest BCUT2D eigenvalue weighted by Gasteiger charge is -2.01. The van der Waals surface area contributed by atoms with Crippen LogP contribution < -0.4 is 0 Å². The van der Waals surface area contributed by atoms with E-state index in [1.165, 1.54) is 12.1 Å². The Balaban J connectivity index is 2.46. The molecule has 0 saturated carbocycles. The van der Waals surface area contributed by atoms with Crippen molar-refractivity contribution in [3.05, 3.63) is 34.6 Å². The zero-order valence-electron chi connectivity index (χ0n) is 7.42. The molecule has 0 aliphatic heterocycles. The molecule has 2 rings (SSSR count). The molecule has 0 spiro atoms. The van der Waals surface area contributed by atoms with Crippen LogP contribution in [-0.2, 0) is 0 Å². The molecular weight excluding hydrogens is 268 g/mol. The number of rotatable bonds is 2. The Kier molecular flexibility index (Phi) is 2.77. The quantitative estimate of drug-likeness (QED) is 0.913. The number of alkyl halides is 2. The van der Waals surface area contributed by atoms with Crippen LogP contribution in [0.5, 0.6) is 0 Å². The molecule has 1 N–H and O–H groups in total. The molecule has 78 valence electrons.